The fourth-order valence-corrected chi connectivity index (χ4v) is 2.13. The number of hydrogen-bond acceptors (Lipinski definition) is 4. The minimum Gasteiger partial charge on any atom is -0.497 e. The van der Waals surface area contributed by atoms with Crippen molar-refractivity contribution in [3.8, 4) is 17.1 Å². The SMILES string of the molecule is COc1cccc([C@@H](N)c2nc(-c3ccc(F)cc3)n[nH]2)c1. The van der Waals surface area contributed by atoms with Crippen LogP contribution in [0.2, 0.25) is 0 Å². The van der Waals surface area contributed by atoms with Crippen LogP contribution in [0.4, 0.5) is 4.39 Å². The smallest absolute Gasteiger partial charge is 0.181 e. The molecule has 22 heavy (non-hydrogen) atoms. The minimum absolute atomic E-state index is 0.299. The van der Waals surface area contributed by atoms with Gasteiger partial charge in [-0.05, 0) is 42.0 Å². The van der Waals surface area contributed by atoms with Crippen LogP contribution in [0.25, 0.3) is 11.4 Å². The molecule has 5 nitrogen and oxygen atoms in total. The van der Waals surface area contributed by atoms with E-state index >= 15 is 0 Å². The Kier molecular flexibility index (Phi) is 3.84. The second-order valence-corrected chi connectivity index (χ2v) is 4.81. The van der Waals surface area contributed by atoms with E-state index in [1.807, 2.05) is 24.3 Å². The largest absolute Gasteiger partial charge is 0.497 e. The summed E-state index contributed by atoms with van der Waals surface area (Å²) in [6, 6.07) is 13.0. The van der Waals surface area contributed by atoms with Crippen LogP contribution in [-0.2, 0) is 0 Å². The zero-order valence-electron chi connectivity index (χ0n) is 12.0. The molecule has 3 N–H and O–H groups in total. The standard InChI is InChI=1S/C16H15FN4O/c1-22-13-4-2-3-11(9-13)14(18)16-19-15(20-21-16)10-5-7-12(17)8-6-10/h2-9,14H,18H2,1H3,(H,19,20,21)/t14-/m1/s1. The van der Waals surface area contributed by atoms with Gasteiger partial charge in [-0.3, -0.25) is 5.10 Å². The van der Waals surface area contributed by atoms with E-state index in [4.69, 9.17) is 10.5 Å². The molecule has 0 bridgehead atoms. The van der Waals surface area contributed by atoms with Crippen molar-refractivity contribution >= 4 is 0 Å². The summed E-state index contributed by atoms with van der Waals surface area (Å²) in [5, 5.41) is 6.97. The highest BCUT2D eigenvalue weighted by Gasteiger charge is 2.15. The third-order valence-corrected chi connectivity index (χ3v) is 3.35. The summed E-state index contributed by atoms with van der Waals surface area (Å²) in [4.78, 5) is 4.39. The Morgan fingerprint density at radius 2 is 1.95 bits per heavy atom. The zero-order valence-corrected chi connectivity index (χ0v) is 12.0. The molecule has 3 rings (SSSR count). The lowest BCUT2D eigenvalue weighted by molar-refractivity contribution is 0.414. The molecule has 0 saturated carbocycles. The molecular formula is C16H15FN4O. The summed E-state index contributed by atoms with van der Waals surface area (Å²) in [7, 11) is 1.60. The fourth-order valence-electron chi connectivity index (χ4n) is 2.13. The quantitative estimate of drug-likeness (QED) is 0.776. The topological polar surface area (TPSA) is 76.8 Å². The molecular weight excluding hydrogens is 283 g/mol. The Morgan fingerprint density at radius 1 is 1.18 bits per heavy atom. The summed E-state index contributed by atoms with van der Waals surface area (Å²) < 4.78 is 18.1. The van der Waals surface area contributed by atoms with Gasteiger partial charge >= 0.3 is 0 Å². The lowest BCUT2D eigenvalue weighted by atomic mass is 10.1. The average molecular weight is 298 g/mol. The number of aromatic nitrogens is 3. The summed E-state index contributed by atoms with van der Waals surface area (Å²) in [6.45, 7) is 0. The molecule has 2 aromatic carbocycles. The predicted octanol–water partition coefficient (Wildman–Crippen LogP) is 2.67. The molecule has 0 spiro atoms. The monoisotopic (exact) mass is 298 g/mol. The molecule has 1 heterocycles. The highest BCUT2D eigenvalue weighted by molar-refractivity contribution is 5.54. The maximum atomic E-state index is 12.9. The molecule has 112 valence electrons. The molecule has 6 heteroatoms. The predicted molar refractivity (Wildman–Crippen MR) is 80.8 cm³/mol. The highest BCUT2D eigenvalue weighted by Crippen LogP contribution is 2.23. The average Bonchev–Trinajstić information content (AvgIpc) is 3.05. The first-order chi connectivity index (χ1) is 10.7. The maximum Gasteiger partial charge on any atom is 0.181 e. The lowest BCUT2D eigenvalue weighted by Gasteiger charge is -2.09. The Hall–Kier alpha value is -2.73. The lowest BCUT2D eigenvalue weighted by Crippen LogP contribution is -2.13. The van der Waals surface area contributed by atoms with Gasteiger partial charge in [-0.25, -0.2) is 9.37 Å². The molecule has 1 atom stereocenters. The molecule has 0 unspecified atom stereocenters. The molecule has 0 radical (unpaired) electrons. The van der Waals surface area contributed by atoms with Crippen molar-refractivity contribution in [2.75, 3.05) is 7.11 Å². The van der Waals surface area contributed by atoms with Crippen molar-refractivity contribution in [3.63, 3.8) is 0 Å². The number of nitrogens with one attached hydrogen (secondary N) is 1. The van der Waals surface area contributed by atoms with Crippen molar-refractivity contribution in [2.24, 2.45) is 5.73 Å². The number of aromatic amines is 1. The first kappa shape index (κ1) is 14.2. The van der Waals surface area contributed by atoms with Crippen LogP contribution in [0, 0.1) is 5.82 Å². The van der Waals surface area contributed by atoms with Gasteiger partial charge in [-0.2, -0.15) is 5.10 Å². The number of nitrogens with two attached hydrogens (primary N) is 1. The minimum atomic E-state index is -0.447. The molecule has 0 fully saturated rings. The summed E-state index contributed by atoms with van der Waals surface area (Å²) >= 11 is 0. The molecule has 0 aliphatic carbocycles. The van der Waals surface area contributed by atoms with Gasteiger partial charge in [0.15, 0.2) is 5.82 Å². The van der Waals surface area contributed by atoms with Crippen LogP contribution in [0.5, 0.6) is 5.75 Å². The Labute approximate surface area is 127 Å². The van der Waals surface area contributed by atoms with Gasteiger partial charge < -0.3 is 10.5 Å². The van der Waals surface area contributed by atoms with E-state index < -0.39 is 6.04 Å². The second kappa shape index (κ2) is 5.95. The Bertz CT molecular complexity index is 770. The van der Waals surface area contributed by atoms with Gasteiger partial charge in [-0.15, -0.1) is 0 Å². The van der Waals surface area contributed by atoms with Crippen molar-refractivity contribution < 1.29 is 9.13 Å². The number of hydrogen-bond donors (Lipinski definition) is 2. The molecule has 3 aromatic rings. The Morgan fingerprint density at radius 3 is 2.68 bits per heavy atom. The van der Waals surface area contributed by atoms with Gasteiger partial charge in [0.2, 0.25) is 0 Å². The molecule has 0 aliphatic heterocycles. The third-order valence-electron chi connectivity index (χ3n) is 3.35. The first-order valence-corrected chi connectivity index (χ1v) is 6.75. The van der Waals surface area contributed by atoms with Crippen molar-refractivity contribution in [1.82, 2.24) is 15.2 Å². The van der Waals surface area contributed by atoms with Crippen LogP contribution in [0.15, 0.2) is 48.5 Å². The normalized spacial score (nSPS) is 12.1. The van der Waals surface area contributed by atoms with Gasteiger partial charge in [0.05, 0.1) is 13.2 Å². The summed E-state index contributed by atoms with van der Waals surface area (Å²) in [5.74, 6) is 1.44. The van der Waals surface area contributed by atoms with E-state index in [1.54, 1.807) is 19.2 Å². The van der Waals surface area contributed by atoms with E-state index in [-0.39, 0.29) is 5.82 Å². The van der Waals surface area contributed by atoms with Crippen molar-refractivity contribution in [1.29, 1.82) is 0 Å². The van der Waals surface area contributed by atoms with Gasteiger partial charge in [0, 0.05) is 5.56 Å². The number of benzene rings is 2. The molecule has 0 saturated heterocycles. The van der Waals surface area contributed by atoms with Crippen LogP contribution in [0.3, 0.4) is 0 Å². The van der Waals surface area contributed by atoms with E-state index in [1.165, 1.54) is 12.1 Å². The van der Waals surface area contributed by atoms with Gasteiger partial charge in [0.1, 0.15) is 17.4 Å². The molecule has 0 aliphatic rings. The summed E-state index contributed by atoms with van der Waals surface area (Å²) in [5.41, 5.74) is 7.79. The number of ether oxygens (including phenoxy) is 1. The zero-order chi connectivity index (χ0) is 15.5. The van der Waals surface area contributed by atoms with Crippen LogP contribution in [-0.4, -0.2) is 22.3 Å². The number of methoxy groups -OCH3 is 1. The van der Waals surface area contributed by atoms with Crippen LogP contribution in [0.1, 0.15) is 17.4 Å². The van der Waals surface area contributed by atoms with E-state index in [0.29, 0.717) is 11.6 Å². The van der Waals surface area contributed by atoms with E-state index in [2.05, 4.69) is 15.2 Å². The molecule has 0 amide bonds. The number of halogens is 1. The van der Waals surface area contributed by atoms with Gasteiger partial charge in [0.25, 0.3) is 0 Å². The van der Waals surface area contributed by atoms with Crippen LogP contribution >= 0.6 is 0 Å². The second-order valence-electron chi connectivity index (χ2n) is 4.81. The van der Waals surface area contributed by atoms with E-state index in [0.717, 1.165) is 16.9 Å². The third kappa shape index (κ3) is 2.82. The summed E-state index contributed by atoms with van der Waals surface area (Å²) in [6.07, 6.45) is 0. The number of nitrogens with zero attached hydrogens (tertiary/aromatic N) is 2. The van der Waals surface area contributed by atoms with Crippen molar-refractivity contribution in [2.45, 2.75) is 6.04 Å². The molecule has 1 aromatic heterocycles. The van der Waals surface area contributed by atoms with Crippen LogP contribution < -0.4 is 10.5 Å². The maximum absolute atomic E-state index is 12.9. The van der Waals surface area contributed by atoms with Crippen molar-refractivity contribution in [3.05, 3.63) is 65.7 Å². The van der Waals surface area contributed by atoms with E-state index in [9.17, 15) is 4.39 Å². The number of rotatable bonds is 4. The highest BCUT2D eigenvalue weighted by atomic mass is 19.1. The fraction of sp³-hybridized carbons (Fsp3) is 0.125. The first-order valence-electron chi connectivity index (χ1n) is 6.75. The Balaban J connectivity index is 1.87. The number of H-pyrrole nitrogens is 1. The van der Waals surface area contributed by atoms with Gasteiger partial charge in [-0.1, -0.05) is 12.1 Å².